The number of hydrogen-bond acceptors (Lipinski definition) is 2. The number of benzene rings is 3. The molecule has 34 heavy (non-hydrogen) atoms. The first kappa shape index (κ1) is 23.7. The second-order valence-electron chi connectivity index (χ2n) is 9.19. The third-order valence-corrected chi connectivity index (χ3v) is 6.64. The Balaban J connectivity index is 1.59. The van der Waals surface area contributed by atoms with E-state index in [0.29, 0.717) is 25.8 Å². The van der Waals surface area contributed by atoms with Crippen molar-refractivity contribution in [3.05, 3.63) is 108 Å². The fraction of sp³-hybridized carbons (Fsp3) is 0.333. The first-order valence-electron chi connectivity index (χ1n) is 12.4. The number of aryl methyl sites for hydroxylation is 1. The Morgan fingerprint density at radius 3 is 1.88 bits per heavy atom. The van der Waals surface area contributed by atoms with Gasteiger partial charge in [-0.05, 0) is 36.0 Å². The van der Waals surface area contributed by atoms with Gasteiger partial charge in [0.2, 0.25) is 11.8 Å². The number of amides is 2. The van der Waals surface area contributed by atoms with Crippen LogP contribution in [0, 0.1) is 0 Å². The zero-order chi connectivity index (χ0) is 23.6. The predicted octanol–water partition coefficient (Wildman–Crippen LogP) is 5.32. The van der Waals surface area contributed by atoms with E-state index in [9.17, 15) is 9.59 Å². The van der Waals surface area contributed by atoms with Crippen molar-refractivity contribution in [3.63, 3.8) is 0 Å². The molecule has 2 amide bonds. The summed E-state index contributed by atoms with van der Waals surface area (Å²) in [5.41, 5.74) is 3.22. The molecular weight excluding hydrogens is 420 g/mol. The van der Waals surface area contributed by atoms with Crippen LogP contribution >= 0.6 is 0 Å². The van der Waals surface area contributed by atoms with Gasteiger partial charge in [0.1, 0.15) is 6.04 Å². The van der Waals surface area contributed by atoms with Gasteiger partial charge in [0.05, 0.1) is 0 Å². The highest BCUT2D eigenvalue weighted by atomic mass is 16.2. The molecule has 1 N–H and O–H groups in total. The molecule has 4 heteroatoms. The maximum atomic E-state index is 13.6. The molecule has 0 aliphatic heterocycles. The van der Waals surface area contributed by atoms with Crippen LogP contribution in [0.15, 0.2) is 91.0 Å². The predicted molar refractivity (Wildman–Crippen MR) is 136 cm³/mol. The Bertz CT molecular complexity index is 1030. The molecule has 4 nitrogen and oxygen atoms in total. The van der Waals surface area contributed by atoms with Gasteiger partial charge in [0.15, 0.2) is 0 Å². The summed E-state index contributed by atoms with van der Waals surface area (Å²) in [5, 5.41) is 3.26. The molecule has 1 aliphatic rings. The van der Waals surface area contributed by atoms with E-state index in [-0.39, 0.29) is 17.9 Å². The van der Waals surface area contributed by atoms with Crippen molar-refractivity contribution in [2.75, 3.05) is 0 Å². The smallest absolute Gasteiger partial charge is 0.243 e. The summed E-state index contributed by atoms with van der Waals surface area (Å²) in [6.07, 6.45) is 5.88. The lowest BCUT2D eigenvalue weighted by molar-refractivity contribution is -0.141. The molecule has 0 radical (unpaired) electrons. The van der Waals surface area contributed by atoms with Crippen LogP contribution in [0.3, 0.4) is 0 Å². The first-order chi connectivity index (χ1) is 16.7. The number of rotatable bonds is 10. The quantitative estimate of drug-likeness (QED) is 0.451. The normalized spacial score (nSPS) is 14.5. The van der Waals surface area contributed by atoms with Crippen LogP contribution in [0.5, 0.6) is 0 Å². The second-order valence-corrected chi connectivity index (χ2v) is 9.19. The number of nitrogens with zero attached hydrogens (tertiary/aromatic N) is 1. The van der Waals surface area contributed by atoms with Crippen molar-refractivity contribution in [2.24, 2.45) is 0 Å². The topological polar surface area (TPSA) is 49.4 Å². The summed E-state index contributed by atoms with van der Waals surface area (Å²) in [6.45, 7) is 0.421. The van der Waals surface area contributed by atoms with Crippen molar-refractivity contribution in [2.45, 2.75) is 63.6 Å². The molecule has 1 saturated carbocycles. The molecule has 0 saturated heterocycles. The second kappa shape index (κ2) is 12.2. The molecule has 1 atom stereocenters. The Labute approximate surface area is 203 Å². The van der Waals surface area contributed by atoms with Gasteiger partial charge in [-0.25, -0.2) is 0 Å². The maximum absolute atomic E-state index is 13.6. The average Bonchev–Trinajstić information content (AvgIpc) is 3.39. The van der Waals surface area contributed by atoms with Gasteiger partial charge >= 0.3 is 0 Å². The third-order valence-electron chi connectivity index (χ3n) is 6.64. The molecule has 0 spiro atoms. The molecule has 0 heterocycles. The van der Waals surface area contributed by atoms with E-state index >= 15 is 0 Å². The minimum atomic E-state index is -0.550. The van der Waals surface area contributed by atoms with E-state index in [0.717, 1.165) is 42.4 Å². The van der Waals surface area contributed by atoms with Crippen molar-refractivity contribution >= 4 is 11.8 Å². The Kier molecular flexibility index (Phi) is 8.50. The van der Waals surface area contributed by atoms with Crippen molar-refractivity contribution in [3.8, 4) is 0 Å². The van der Waals surface area contributed by atoms with Crippen LogP contribution in [-0.4, -0.2) is 28.8 Å². The summed E-state index contributed by atoms with van der Waals surface area (Å²) < 4.78 is 0. The van der Waals surface area contributed by atoms with Crippen LogP contribution in [-0.2, 0) is 29.0 Å². The van der Waals surface area contributed by atoms with Crippen molar-refractivity contribution in [1.82, 2.24) is 10.2 Å². The Morgan fingerprint density at radius 1 is 0.765 bits per heavy atom. The van der Waals surface area contributed by atoms with Gasteiger partial charge in [0, 0.05) is 25.4 Å². The van der Waals surface area contributed by atoms with E-state index in [4.69, 9.17) is 0 Å². The number of nitrogens with one attached hydrogen (secondary N) is 1. The zero-order valence-corrected chi connectivity index (χ0v) is 19.7. The molecule has 0 aromatic heterocycles. The molecule has 3 aromatic carbocycles. The summed E-state index contributed by atoms with van der Waals surface area (Å²) in [5.74, 6) is -0.0324. The maximum Gasteiger partial charge on any atom is 0.243 e. The molecule has 176 valence electrons. The van der Waals surface area contributed by atoms with Crippen LogP contribution in [0.1, 0.15) is 48.8 Å². The van der Waals surface area contributed by atoms with Gasteiger partial charge in [-0.2, -0.15) is 0 Å². The van der Waals surface area contributed by atoms with E-state index in [1.54, 1.807) is 4.90 Å². The van der Waals surface area contributed by atoms with E-state index in [1.165, 1.54) is 0 Å². The minimum absolute atomic E-state index is 0.00945. The van der Waals surface area contributed by atoms with Crippen LogP contribution in [0.4, 0.5) is 0 Å². The van der Waals surface area contributed by atoms with Gasteiger partial charge in [-0.1, -0.05) is 104 Å². The molecule has 1 aliphatic carbocycles. The SMILES string of the molecule is O=C(NC1CCCC1)C(Cc1ccccc1)N(Cc1ccccc1)C(=O)CCc1ccccc1. The fourth-order valence-corrected chi connectivity index (χ4v) is 4.74. The van der Waals surface area contributed by atoms with Gasteiger partial charge in [-0.3, -0.25) is 9.59 Å². The lowest BCUT2D eigenvalue weighted by Gasteiger charge is -2.32. The first-order valence-corrected chi connectivity index (χ1v) is 12.4. The highest BCUT2D eigenvalue weighted by Crippen LogP contribution is 2.20. The summed E-state index contributed by atoms with van der Waals surface area (Å²) in [4.78, 5) is 29.1. The monoisotopic (exact) mass is 454 g/mol. The Morgan fingerprint density at radius 2 is 1.29 bits per heavy atom. The fourth-order valence-electron chi connectivity index (χ4n) is 4.74. The minimum Gasteiger partial charge on any atom is -0.352 e. The molecule has 0 bridgehead atoms. The standard InChI is InChI=1S/C30H34N2O2/c33-29(21-20-24-12-4-1-5-13-24)32(23-26-16-8-3-9-17-26)28(22-25-14-6-2-7-15-25)30(34)31-27-18-10-11-19-27/h1-9,12-17,27-28H,10-11,18-23H2,(H,31,34). The zero-order valence-electron chi connectivity index (χ0n) is 19.7. The van der Waals surface area contributed by atoms with Crippen molar-refractivity contribution < 1.29 is 9.59 Å². The summed E-state index contributed by atoms with van der Waals surface area (Å²) >= 11 is 0. The highest BCUT2D eigenvalue weighted by Gasteiger charge is 2.31. The summed E-state index contributed by atoms with van der Waals surface area (Å²) in [6, 6.07) is 29.7. The molecule has 3 aromatic rings. The van der Waals surface area contributed by atoms with Crippen LogP contribution in [0.25, 0.3) is 0 Å². The van der Waals surface area contributed by atoms with Crippen LogP contribution < -0.4 is 5.32 Å². The molecular formula is C30H34N2O2. The summed E-state index contributed by atoms with van der Waals surface area (Å²) in [7, 11) is 0. The largest absolute Gasteiger partial charge is 0.352 e. The lowest BCUT2D eigenvalue weighted by Crippen LogP contribution is -2.52. The average molecular weight is 455 g/mol. The van der Waals surface area contributed by atoms with E-state index < -0.39 is 6.04 Å². The lowest BCUT2D eigenvalue weighted by atomic mass is 10.0. The number of carbonyl (C=O) groups excluding carboxylic acids is 2. The third kappa shape index (κ3) is 6.80. The highest BCUT2D eigenvalue weighted by molar-refractivity contribution is 5.88. The molecule has 4 rings (SSSR count). The van der Waals surface area contributed by atoms with Crippen molar-refractivity contribution in [1.29, 1.82) is 0 Å². The number of carbonyl (C=O) groups is 2. The molecule has 1 unspecified atom stereocenters. The van der Waals surface area contributed by atoms with Gasteiger partial charge in [-0.15, -0.1) is 0 Å². The number of hydrogen-bond donors (Lipinski definition) is 1. The van der Waals surface area contributed by atoms with E-state index in [2.05, 4.69) is 5.32 Å². The van der Waals surface area contributed by atoms with Crippen LogP contribution in [0.2, 0.25) is 0 Å². The van der Waals surface area contributed by atoms with E-state index in [1.807, 2.05) is 91.0 Å². The van der Waals surface area contributed by atoms with Gasteiger partial charge in [0.25, 0.3) is 0 Å². The Hall–Kier alpha value is -3.40. The van der Waals surface area contributed by atoms with Gasteiger partial charge < -0.3 is 10.2 Å². The molecule has 1 fully saturated rings.